The molecule has 0 bridgehead atoms. The lowest BCUT2D eigenvalue weighted by molar-refractivity contribution is 0.0219. The summed E-state index contributed by atoms with van der Waals surface area (Å²) < 4.78 is 18.1. The Bertz CT molecular complexity index is 571. The van der Waals surface area contributed by atoms with Crippen LogP contribution in [0.15, 0.2) is 17.4 Å². The van der Waals surface area contributed by atoms with Crippen molar-refractivity contribution < 1.29 is 13.7 Å². The lowest BCUT2D eigenvalue weighted by Crippen LogP contribution is -2.46. The first kappa shape index (κ1) is 16.9. The van der Waals surface area contributed by atoms with E-state index in [1.54, 1.807) is 24.2 Å². The van der Waals surface area contributed by atoms with Crippen LogP contribution in [0.1, 0.15) is 39.3 Å². The van der Waals surface area contributed by atoms with E-state index >= 15 is 0 Å². The Morgan fingerprint density at radius 1 is 1.36 bits per heavy atom. The minimum atomic E-state index is -1.26. The van der Waals surface area contributed by atoms with Crippen molar-refractivity contribution in [3.8, 4) is 0 Å². The summed E-state index contributed by atoms with van der Waals surface area (Å²) in [5, 5.41) is 0.384. The van der Waals surface area contributed by atoms with Gasteiger partial charge in [0.25, 0.3) is 0 Å². The van der Waals surface area contributed by atoms with E-state index in [9.17, 15) is 9.00 Å². The van der Waals surface area contributed by atoms with Gasteiger partial charge in [0, 0.05) is 25.5 Å². The minimum Gasteiger partial charge on any atom is -0.444 e. The van der Waals surface area contributed by atoms with Gasteiger partial charge >= 0.3 is 6.09 Å². The largest absolute Gasteiger partial charge is 0.444 e. The van der Waals surface area contributed by atoms with Crippen molar-refractivity contribution in [2.75, 3.05) is 13.1 Å². The molecule has 1 aliphatic rings. The van der Waals surface area contributed by atoms with Gasteiger partial charge in [-0.05, 0) is 40.5 Å². The number of rotatable bonds is 2. The summed E-state index contributed by atoms with van der Waals surface area (Å²) in [7, 11) is -1.26. The predicted octanol–water partition coefficient (Wildman–Crippen LogP) is 2.29. The zero-order chi connectivity index (χ0) is 16.3. The summed E-state index contributed by atoms with van der Waals surface area (Å²) in [5.41, 5.74) is 0.153. The van der Waals surface area contributed by atoms with E-state index < -0.39 is 16.4 Å². The van der Waals surface area contributed by atoms with Gasteiger partial charge in [-0.3, -0.25) is 9.19 Å². The van der Waals surface area contributed by atoms with E-state index in [0.717, 1.165) is 12.8 Å². The summed E-state index contributed by atoms with van der Waals surface area (Å²) in [6.07, 6.45) is 4.42. The second-order valence-electron chi connectivity index (χ2n) is 6.43. The molecule has 1 aliphatic heterocycles. The van der Waals surface area contributed by atoms with Crippen LogP contribution in [-0.4, -0.2) is 49.1 Å². The highest BCUT2D eigenvalue weighted by molar-refractivity contribution is 7.85. The third-order valence-corrected chi connectivity index (χ3v) is 5.13. The molecule has 0 aliphatic carbocycles. The summed E-state index contributed by atoms with van der Waals surface area (Å²) in [6, 6.07) is 0. The molecule has 7 heteroatoms. The average Bonchev–Trinajstić information content (AvgIpc) is 2.45. The molecule has 0 unspecified atom stereocenters. The molecule has 1 saturated heterocycles. The number of likely N-dealkylation sites (tertiary alicyclic amines) is 1. The number of hydrogen-bond donors (Lipinski definition) is 0. The molecule has 2 heterocycles. The molecule has 22 heavy (non-hydrogen) atoms. The van der Waals surface area contributed by atoms with Crippen LogP contribution in [0.5, 0.6) is 0 Å². The fourth-order valence-electron chi connectivity index (χ4n) is 2.36. The number of carbonyl (C=O) groups excluding carboxylic acids is 1. The van der Waals surface area contributed by atoms with E-state index in [-0.39, 0.29) is 11.3 Å². The normalized spacial score (nSPS) is 20.5. The first-order chi connectivity index (χ1) is 10.3. The molecular formula is C15H23N3O3S. The van der Waals surface area contributed by atoms with E-state index in [0.29, 0.717) is 23.8 Å². The van der Waals surface area contributed by atoms with Crippen LogP contribution < -0.4 is 0 Å². The Morgan fingerprint density at radius 3 is 2.68 bits per heavy atom. The van der Waals surface area contributed by atoms with Gasteiger partial charge in [-0.1, -0.05) is 0 Å². The Kier molecular flexibility index (Phi) is 5.16. The van der Waals surface area contributed by atoms with E-state index in [4.69, 9.17) is 4.74 Å². The Morgan fingerprint density at radius 2 is 2.05 bits per heavy atom. The molecule has 1 amide bonds. The molecule has 0 N–H and O–H groups in total. The van der Waals surface area contributed by atoms with Gasteiger partial charge in [0.1, 0.15) is 10.6 Å². The number of aryl methyl sites for hydroxylation is 1. The smallest absolute Gasteiger partial charge is 0.410 e. The van der Waals surface area contributed by atoms with Gasteiger partial charge in [-0.15, -0.1) is 0 Å². The van der Waals surface area contributed by atoms with Crippen molar-refractivity contribution in [1.82, 2.24) is 14.9 Å². The van der Waals surface area contributed by atoms with Crippen molar-refractivity contribution in [1.29, 1.82) is 0 Å². The van der Waals surface area contributed by atoms with Crippen LogP contribution in [0.3, 0.4) is 0 Å². The molecular weight excluding hydrogens is 302 g/mol. The molecule has 0 radical (unpaired) electrons. The molecule has 6 nitrogen and oxygen atoms in total. The first-order valence-corrected chi connectivity index (χ1v) is 8.65. The van der Waals surface area contributed by atoms with Crippen molar-refractivity contribution in [2.45, 2.75) is 56.4 Å². The summed E-state index contributed by atoms with van der Waals surface area (Å²) in [4.78, 5) is 22.1. The molecule has 1 aromatic rings. The van der Waals surface area contributed by atoms with Crippen LogP contribution in [-0.2, 0) is 15.5 Å². The molecule has 2 rings (SSSR count). The number of amides is 1. The van der Waals surface area contributed by atoms with Gasteiger partial charge in [0.2, 0.25) is 0 Å². The predicted molar refractivity (Wildman–Crippen MR) is 84.0 cm³/mol. The first-order valence-electron chi connectivity index (χ1n) is 7.44. The van der Waals surface area contributed by atoms with Crippen molar-refractivity contribution in [3.63, 3.8) is 0 Å². The zero-order valence-corrected chi connectivity index (χ0v) is 14.4. The van der Waals surface area contributed by atoms with Crippen molar-refractivity contribution in [2.24, 2.45) is 0 Å². The lowest BCUT2D eigenvalue weighted by Gasteiger charge is -2.33. The van der Waals surface area contributed by atoms with Crippen LogP contribution >= 0.6 is 0 Å². The summed E-state index contributed by atoms with van der Waals surface area (Å²) >= 11 is 0. The van der Waals surface area contributed by atoms with E-state index in [1.165, 1.54) is 0 Å². The van der Waals surface area contributed by atoms with Gasteiger partial charge in [-0.2, -0.15) is 0 Å². The Labute approximate surface area is 133 Å². The Balaban J connectivity index is 2.06. The second kappa shape index (κ2) is 6.73. The second-order valence-corrected chi connectivity index (χ2v) is 8.08. The van der Waals surface area contributed by atoms with Crippen LogP contribution in [0.25, 0.3) is 0 Å². The number of piperidine rings is 1. The molecule has 0 aromatic carbocycles. The number of aromatic nitrogens is 2. The van der Waals surface area contributed by atoms with E-state index in [2.05, 4.69) is 9.97 Å². The highest BCUT2D eigenvalue weighted by atomic mass is 32.2. The summed E-state index contributed by atoms with van der Waals surface area (Å²) in [6.45, 7) is 8.39. The van der Waals surface area contributed by atoms with Gasteiger partial charge in [0.15, 0.2) is 0 Å². The number of nitrogens with zero attached hydrogens (tertiary/aromatic N) is 3. The SMILES string of the molecule is Cc1nccnc1[S@@](=O)[C@H]1CCCN(C(=O)OC(C)(C)C)C1. The third kappa shape index (κ3) is 4.25. The number of ether oxygens (including phenoxy) is 1. The molecule has 2 atom stereocenters. The van der Waals surface area contributed by atoms with Gasteiger partial charge in [0.05, 0.1) is 21.7 Å². The van der Waals surface area contributed by atoms with Crippen molar-refractivity contribution in [3.05, 3.63) is 18.1 Å². The van der Waals surface area contributed by atoms with E-state index in [1.807, 2.05) is 20.8 Å². The Hall–Kier alpha value is -1.50. The number of carbonyl (C=O) groups is 1. The monoisotopic (exact) mass is 325 g/mol. The van der Waals surface area contributed by atoms with Crippen LogP contribution in [0.2, 0.25) is 0 Å². The van der Waals surface area contributed by atoms with Gasteiger partial charge in [-0.25, -0.2) is 9.78 Å². The maximum Gasteiger partial charge on any atom is 0.410 e. The molecule has 0 saturated carbocycles. The standard InChI is InChI=1S/C15H23N3O3S/c1-11-13(17-8-7-16-11)22(20)12-6-5-9-18(10-12)14(19)21-15(2,3)4/h7-8,12H,5-6,9-10H2,1-4H3/t12-,22-/m0/s1. The highest BCUT2D eigenvalue weighted by Crippen LogP contribution is 2.22. The van der Waals surface area contributed by atoms with Crippen LogP contribution in [0.4, 0.5) is 4.79 Å². The zero-order valence-electron chi connectivity index (χ0n) is 13.5. The number of hydrogen-bond acceptors (Lipinski definition) is 5. The minimum absolute atomic E-state index is 0.128. The maximum absolute atomic E-state index is 12.7. The summed E-state index contributed by atoms with van der Waals surface area (Å²) in [5.74, 6) is 0. The third-order valence-electron chi connectivity index (χ3n) is 3.36. The fourth-order valence-corrected chi connectivity index (χ4v) is 3.88. The molecule has 0 spiro atoms. The lowest BCUT2D eigenvalue weighted by atomic mass is 10.1. The topological polar surface area (TPSA) is 72.4 Å². The average molecular weight is 325 g/mol. The maximum atomic E-state index is 12.7. The fraction of sp³-hybridized carbons (Fsp3) is 0.667. The highest BCUT2D eigenvalue weighted by Gasteiger charge is 2.31. The molecule has 1 fully saturated rings. The van der Waals surface area contributed by atoms with Gasteiger partial charge < -0.3 is 9.64 Å². The molecule has 1 aromatic heterocycles. The molecule has 122 valence electrons. The quantitative estimate of drug-likeness (QED) is 0.834. The van der Waals surface area contributed by atoms with Crippen LogP contribution in [0, 0.1) is 6.92 Å². The van der Waals surface area contributed by atoms with Crippen molar-refractivity contribution >= 4 is 16.9 Å².